The highest BCUT2D eigenvalue weighted by Crippen LogP contribution is 2.26. The summed E-state index contributed by atoms with van der Waals surface area (Å²) in [5, 5.41) is 0. The summed E-state index contributed by atoms with van der Waals surface area (Å²) < 4.78 is 22.7. The van der Waals surface area contributed by atoms with Crippen molar-refractivity contribution in [1.29, 1.82) is 0 Å². The summed E-state index contributed by atoms with van der Waals surface area (Å²) in [5.74, 6) is -0.267. The number of imidazole rings is 1. The molecule has 0 aliphatic carbocycles. The number of aromatic nitrogens is 3. The number of pyridine rings is 1. The molecule has 0 atom stereocenters. The van der Waals surface area contributed by atoms with E-state index in [1.54, 1.807) is 13.0 Å². The first-order chi connectivity index (χ1) is 10.9. The van der Waals surface area contributed by atoms with Gasteiger partial charge in [0.15, 0.2) is 11.4 Å². The van der Waals surface area contributed by atoms with Crippen molar-refractivity contribution in [2.75, 3.05) is 7.11 Å². The van der Waals surface area contributed by atoms with E-state index in [1.165, 1.54) is 30.9 Å². The number of hydrogen-bond donors (Lipinski definition) is 1. The third-order valence-electron chi connectivity index (χ3n) is 3.74. The molecule has 1 N–H and O–H groups in total. The molecular weight excluding hydrogens is 416 g/mol. The largest absolute Gasteiger partial charge is 0.494 e. The summed E-state index contributed by atoms with van der Waals surface area (Å²) in [6.45, 7) is 1.61. The van der Waals surface area contributed by atoms with Crippen molar-refractivity contribution in [2.24, 2.45) is 7.05 Å². The number of aryl methyl sites for hydroxylation is 1. The maximum Gasteiger partial charge on any atom is 0.332 e. The van der Waals surface area contributed by atoms with Crippen LogP contribution in [0.2, 0.25) is 0 Å². The van der Waals surface area contributed by atoms with Crippen LogP contribution in [0.5, 0.6) is 5.75 Å². The molecule has 0 unspecified atom stereocenters. The molecule has 0 fully saturated rings. The van der Waals surface area contributed by atoms with Crippen LogP contribution in [-0.4, -0.2) is 21.2 Å². The molecule has 0 spiro atoms. The van der Waals surface area contributed by atoms with Gasteiger partial charge in [0.1, 0.15) is 11.3 Å². The fourth-order valence-corrected chi connectivity index (χ4v) is 3.13. The van der Waals surface area contributed by atoms with Crippen LogP contribution in [0.1, 0.15) is 5.56 Å². The van der Waals surface area contributed by atoms with Gasteiger partial charge in [-0.2, -0.15) is 0 Å². The number of hydrogen-bond acceptors (Lipinski definition) is 3. The van der Waals surface area contributed by atoms with Crippen LogP contribution >= 0.6 is 22.6 Å². The first-order valence-corrected chi connectivity index (χ1v) is 7.78. The lowest BCUT2D eigenvalue weighted by Gasteiger charge is -2.11. The monoisotopic (exact) mass is 429 g/mol. The molecule has 3 aromatic rings. The Morgan fingerprint density at radius 1 is 1.30 bits per heavy atom. The third-order valence-corrected chi connectivity index (χ3v) is 4.41. The number of ether oxygens (including phenoxy) is 1. The van der Waals surface area contributed by atoms with Crippen molar-refractivity contribution in [3.05, 3.63) is 54.0 Å². The molecule has 1 aromatic carbocycles. The summed E-state index contributed by atoms with van der Waals surface area (Å²) in [6, 6.07) is 4.51. The number of methoxy groups -OCH3 is 1. The highest BCUT2D eigenvalue weighted by atomic mass is 127. The zero-order chi connectivity index (χ0) is 16.9. The Kier molecular flexibility index (Phi) is 3.78. The minimum atomic E-state index is -0.549. The average Bonchev–Trinajstić information content (AvgIpc) is 2.83. The van der Waals surface area contributed by atoms with E-state index in [9.17, 15) is 14.0 Å². The van der Waals surface area contributed by atoms with E-state index in [2.05, 4.69) is 4.98 Å². The summed E-state index contributed by atoms with van der Waals surface area (Å²) >= 11 is 1.98. The molecule has 0 saturated heterocycles. The number of rotatable bonds is 2. The normalized spacial score (nSPS) is 11.2. The standard InChI is InChI=1S/C15H13FIN3O3/c1-7-12(23-3)11-13(19(2)14(7)21)20(15(22)18-11)10-5-4-8(17)6-9(10)16/h4-6H,1-3H3,(H,18,22). The van der Waals surface area contributed by atoms with Crippen LogP contribution in [-0.2, 0) is 7.05 Å². The Labute approximate surface area is 143 Å². The molecule has 0 saturated carbocycles. The van der Waals surface area contributed by atoms with E-state index >= 15 is 0 Å². The quantitative estimate of drug-likeness (QED) is 0.635. The van der Waals surface area contributed by atoms with Gasteiger partial charge in [0.25, 0.3) is 5.56 Å². The van der Waals surface area contributed by atoms with Crippen molar-refractivity contribution >= 4 is 33.8 Å². The lowest BCUT2D eigenvalue weighted by atomic mass is 10.2. The second-order valence-electron chi connectivity index (χ2n) is 5.08. The van der Waals surface area contributed by atoms with Crippen LogP contribution in [0, 0.1) is 16.3 Å². The number of H-pyrrole nitrogens is 1. The van der Waals surface area contributed by atoms with E-state index < -0.39 is 11.5 Å². The molecule has 0 radical (unpaired) electrons. The van der Waals surface area contributed by atoms with E-state index in [0.717, 1.165) is 4.57 Å². The van der Waals surface area contributed by atoms with Gasteiger partial charge in [0.2, 0.25) is 0 Å². The second kappa shape index (κ2) is 5.52. The van der Waals surface area contributed by atoms with Crippen molar-refractivity contribution in [2.45, 2.75) is 6.92 Å². The first-order valence-electron chi connectivity index (χ1n) is 6.70. The predicted octanol–water partition coefficient (Wildman–Crippen LogP) is 2.08. The maximum atomic E-state index is 14.3. The Morgan fingerprint density at radius 3 is 2.61 bits per heavy atom. The van der Waals surface area contributed by atoms with Gasteiger partial charge < -0.3 is 9.72 Å². The molecule has 2 heterocycles. The van der Waals surface area contributed by atoms with Crippen LogP contribution in [0.25, 0.3) is 16.9 Å². The minimum absolute atomic E-state index is 0.0718. The molecule has 23 heavy (non-hydrogen) atoms. The molecule has 6 nitrogen and oxygen atoms in total. The highest BCUT2D eigenvalue weighted by molar-refractivity contribution is 14.1. The smallest absolute Gasteiger partial charge is 0.332 e. The number of fused-ring (bicyclic) bond motifs is 1. The summed E-state index contributed by atoms with van der Waals surface area (Å²) in [7, 11) is 2.95. The molecule has 0 aliphatic heterocycles. The van der Waals surface area contributed by atoms with Crippen molar-refractivity contribution in [1.82, 2.24) is 14.1 Å². The maximum absolute atomic E-state index is 14.3. The molecule has 0 amide bonds. The summed E-state index contributed by atoms with van der Waals surface area (Å²) in [5.41, 5.74) is 0.200. The Bertz CT molecular complexity index is 1050. The molecule has 0 aliphatic rings. The Balaban J connectivity index is 2.53. The fraction of sp³-hybridized carbons (Fsp3) is 0.200. The van der Waals surface area contributed by atoms with E-state index in [4.69, 9.17) is 4.74 Å². The molecule has 3 rings (SSSR count). The number of benzene rings is 1. The van der Waals surface area contributed by atoms with E-state index in [0.29, 0.717) is 14.7 Å². The van der Waals surface area contributed by atoms with E-state index in [-0.39, 0.29) is 22.6 Å². The number of halogens is 2. The van der Waals surface area contributed by atoms with Gasteiger partial charge in [-0.3, -0.25) is 9.36 Å². The van der Waals surface area contributed by atoms with Crippen LogP contribution in [0.15, 0.2) is 27.8 Å². The zero-order valence-electron chi connectivity index (χ0n) is 12.6. The van der Waals surface area contributed by atoms with Gasteiger partial charge in [-0.1, -0.05) is 0 Å². The number of aromatic amines is 1. The van der Waals surface area contributed by atoms with E-state index in [1.807, 2.05) is 22.6 Å². The van der Waals surface area contributed by atoms with Crippen molar-refractivity contribution in [3.8, 4) is 11.4 Å². The summed E-state index contributed by atoms with van der Waals surface area (Å²) in [6.07, 6.45) is 0. The van der Waals surface area contributed by atoms with Crippen LogP contribution < -0.4 is 16.0 Å². The van der Waals surface area contributed by atoms with Gasteiger partial charge >= 0.3 is 5.69 Å². The third kappa shape index (κ3) is 2.28. The predicted molar refractivity (Wildman–Crippen MR) is 93.1 cm³/mol. The molecule has 2 aromatic heterocycles. The van der Waals surface area contributed by atoms with Gasteiger partial charge in [-0.15, -0.1) is 0 Å². The molecule has 120 valence electrons. The summed E-state index contributed by atoms with van der Waals surface area (Å²) in [4.78, 5) is 27.4. The average molecular weight is 429 g/mol. The fourth-order valence-electron chi connectivity index (χ4n) is 2.68. The van der Waals surface area contributed by atoms with Gasteiger partial charge in [0.05, 0.1) is 18.4 Å². The SMILES string of the molecule is COc1c(C)c(=O)n(C)c2c1[nH]c(=O)n2-c1ccc(I)cc1F. The first kappa shape index (κ1) is 15.8. The highest BCUT2D eigenvalue weighted by Gasteiger charge is 2.21. The van der Waals surface area contributed by atoms with Crippen LogP contribution in [0.3, 0.4) is 0 Å². The zero-order valence-corrected chi connectivity index (χ0v) is 14.8. The Hall–Kier alpha value is -2.10. The second-order valence-corrected chi connectivity index (χ2v) is 6.33. The number of nitrogens with zero attached hydrogens (tertiary/aromatic N) is 2. The topological polar surface area (TPSA) is 69.0 Å². The van der Waals surface area contributed by atoms with Gasteiger partial charge in [-0.05, 0) is 47.7 Å². The minimum Gasteiger partial charge on any atom is -0.494 e. The lowest BCUT2D eigenvalue weighted by Crippen LogP contribution is -2.24. The van der Waals surface area contributed by atoms with Gasteiger partial charge in [0, 0.05) is 10.6 Å². The molecule has 0 bridgehead atoms. The van der Waals surface area contributed by atoms with Crippen molar-refractivity contribution < 1.29 is 9.13 Å². The molecule has 8 heteroatoms. The Morgan fingerprint density at radius 2 is 2.00 bits per heavy atom. The van der Waals surface area contributed by atoms with Crippen molar-refractivity contribution in [3.63, 3.8) is 0 Å². The van der Waals surface area contributed by atoms with Gasteiger partial charge in [-0.25, -0.2) is 13.8 Å². The molecular formula is C15H13FIN3O3. The lowest BCUT2D eigenvalue weighted by molar-refractivity contribution is 0.414. The number of nitrogens with one attached hydrogen (secondary N) is 1. The van der Waals surface area contributed by atoms with Crippen LogP contribution in [0.4, 0.5) is 4.39 Å².